The number of aromatic nitrogens is 1. The van der Waals surface area contributed by atoms with Crippen LogP contribution in [0.4, 0.5) is 0 Å². The molecule has 27 heavy (non-hydrogen) atoms. The summed E-state index contributed by atoms with van der Waals surface area (Å²) in [5.74, 6) is 0.819. The molecule has 2 aliphatic rings. The minimum absolute atomic E-state index is 0.0703. The van der Waals surface area contributed by atoms with E-state index in [9.17, 15) is 4.79 Å². The Kier molecular flexibility index (Phi) is 7.55. The van der Waals surface area contributed by atoms with Crippen LogP contribution in [0.2, 0.25) is 0 Å². The number of carbonyl (C=O) groups is 2. The second-order valence-electron chi connectivity index (χ2n) is 7.15. The lowest BCUT2D eigenvalue weighted by molar-refractivity contribution is -0.140. The van der Waals surface area contributed by atoms with E-state index in [4.69, 9.17) is 19.4 Å². The molecule has 3 rings (SSSR count). The second kappa shape index (κ2) is 9.66. The Morgan fingerprint density at radius 2 is 2.19 bits per heavy atom. The molecule has 0 spiro atoms. The molecular formula is C19H29N3O5. The van der Waals surface area contributed by atoms with Crippen LogP contribution in [0, 0.1) is 0 Å². The zero-order valence-corrected chi connectivity index (χ0v) is 16.2. The first-order chi connectivity index (χ1) is 13.0. The summed E-state index contributed by atoms with van der Waals surface area (Å²) < 4.78 is 12.0. The summed E-state index contributed by atoms with van der Waals surface area (Å²) in [5, 5.41) is 6.89. The maximum atomic E-state index is 12.6. The van der Waals surface area contributed by atoms with E-state index < -0.39 is 0 Å². The number of ether oxygens (including phenoxy) is 2. The summed E-state index contributed by atoms with van der Waals surface area (Å²) in [6, 6.07) is 5.76. The van der Waals surface area contributed by atoms with E-state index >= 15 is 0 Å². The van der Waals surface area contributed by atoms with Crippen LogP contribution in [0.3, 0.4) is 0 Å². The summed E-state index contributed by atoms with van der Waals surface area (Å²) in [5.41, 5.74) is -0.216. The minimum atomic E-state index is -0.250. The van der Waals surface area contributed by atoms with Crippen molar-refractivity contribution in [3.63, 3.8) is 0 Å². The fraction of sp³-hybridized carbons (Fsp3) is 0.632. The minimum Gasteiger partial charge on any atom is -0.483 e. The Morgan fingerprint density at radius 3 is 2.78 bits per heavy atom. The van der Waals surface area contributed by atoms with Crippen LogP contribution in [-0.2, 0) is 14.3 Å². The highest BCUT2D eigenvalue weighted by molar-refractivity contribution is 5.79. The molecule has 2 heterocycles. The first kappa shape index (κ1) is 21.1. The van der Waals surface area contributed by atoms with Crippen LogP contribution >= 0.6 is 0 Å². The van der Waals surface area contributed by atoms with Gasteiger partial charge in [0.2, 0.25) is 11.8 Å². The SMILES string of the molecule is CO[C@@]12CC[C@H](Oc3ccccn3)C[C@@H]1N(C(=O)CN(C)C)CC2.O=CO. The molecule has 3 atom stereocenters. The smallest absolute Gasteiger partial charge is 0.290 e. The van der Waals surface area contributed by atoms with Crippen LogP contribution in [0.1, 0.15) is 25.7 Å². The summed E-state index contributed by atoms with van der Waals surface area (Å²) in [4.78, 5) is 29.1. The van der Waals surface area contributed by atoms with Gasteiger partial charge in [-0.1, -0.05) is 6.07 Å². The number of carbonyl (C=O) groups excluding carboxylic acids is 1. The Bertz CT molecular complexity index is 613. The third-order valence-corrected chi connectivity index (χ3v) is 5.24. The second-order valence-corrected chi connectivity index (χ2v) is 7.15. The molecule has 0 radical (unpaired) electrons. The van der Waals surface area contributed by atoms with E-state index in [-0.39, 0.29) is 30.1 Å². The summed E-state index contributed by atoms with van der Waals surface area (Å²) in [7, 11) is 5.61. The number of fused-ring (bicyclic) bond motifs is 1. The van der Waals surface area contributed by atoms with E-state index in [1.807, 2.05) is 42.1 Å². The Labute approximate surface area is 160 Å². The van der Waals surface area contributed by atoms with Gasteiger partial charge in [0.15, 0.2) is 0 Å². The Balaban J connectivity index is 0.000000817. The third kappa shape index (κ3) is 5.17. The van der Waals surface area contributed by atoms with E-state index in [0.717, 1.165) is 32.2 Å². The van der Waals surface area contributed by atoms with Gasteiger partial charge in [0.25, 0.3) is 6.47 Å². The summed E-state index contributed by atoms with van der Waals surface area (Å²) in [6.07, 6.45) is 5.35. The molecule has 0 bridgehead atoms. The monoisotopic (exact) mass is 379 g/mol. The van der Waals surface area contributed by atoms with Crippen molar-refractivity contribution in [1.82, 2.24) is 14.8 Å². The van der Waals surface area contributed by atoms with E-state index in [1.54, 1.807) is 13.3 Å². The average molecular weight is 379 g/mol. The highest BCUT2D eigenvalue weighted by Gasteiger charge is 2.52. The van der Waals surface area contributed by atoms with Crippen LogP contribution < -0.4 is 4.74 Å². The van der Waals surface area contributed by atoms with Gasteiger partial charge in [-0.15, -0.1) is 0 Å². The van der Waals surface area contributed by atoms with Crippen LogP contribution in [0.25, 0.3) is 0 Å². The fourth-order valence-corrected chi connectivity index (χ4v) is 4.02. The van der Waals surface area contributed by atoms with Gasteiger partial charge < -0.3 is 24.4 Å². The highest BCUT2D eigenvalue weighted by Crippen LogP contribution is 2.43. The first-order valence-corrected chi connectivity index (χ1v) is 9.10. The molecule has 0 aromatic carbocycles. The number of carboxylic acid groups (broad SMARTS) is 1. The molecule has 1 aliphatic heterocycles. The normalized spacial score (nSPS) is 26.7. The van der Waals surface area contributed by atoms with Gasteiger partial charge >= 0.3 is 0 Å². The number of hydrogen-bond acceptors (Lipinski definition) is 6. The number of rotatable bonds is 5. The molecule has 1 aromatic rings. The van der Waals surface area contributed by atoms with Crippen molar-refractivity contribution in [2.75, 3.05) is 34.3 Å². The molecule has 1 aromatic heterocycles. The van der Waals surface area contributed by atoms with E-state index in [2.05, 4.69) is 4.98 Å². The van der Waals surface area contributed by atoms with Crippen LogP contribution in [-0.4, -0.2) is 84.3 Å². The predicted molar refractivity (Wildman–Crippen MR) is 99.6 cm³/mol. The van der Waals surface area contributed by atoms with Gasteiger partial charge in [-0.25, -0.2) is 4.98 Å². The van der Waals surface area contributed by atoms with E-state index in [0.29, 0.717) is 12.4 Å². The number of likely N-dealkylation sites (tertiary alicyclic amines) is 1. The van der Waals surface area contributed by atoms with Crippen molar-refractivity contribution in [2.24, 2.45) is 0 Å². The number of amides is 1. The quantitative estimate of drug-likeness (QED) is 0.770. The van der Waals surface area contributed by atoms with E-state index in [1.165, 1.54) is 0 Å². The van der Waals surface area contributed by atoms with Gasteiger partial charge in [-0.2, -0.15) is 0 Å². The zero-order valence-electron chi connectivity index (χ0n) is 16.2. The van der Waals surface area contributed by atoms with Gasteiger partial charge in [0.1, 0.15) is 6.10 Å². The lowest BCUT2D eigenvalue weighted by Crippen LogP contribution is -2.54. The molecule has 1 saturated heterocycles. The van der Waals surface area contributed by atoms with Gasteiger partial charge in [0.05, 0.1) is 18.2 Å². The molecule has 1 saturated carbocycles. The topological polar surface area (TPSA) is 92.2 Å². The van der Waals surface area contributed by atoms with Crippen molar-refractivity contribution in [1.29, 1.82) is 0 Å². The largest absolute Gasteiger partial charge is 0.483 e. The molecular weight excluding hydrogens is 350 g/mol. The lowest BCUT2D eigenvalue weighted by atomic mass is 9.79. The van der Waals surface area contributed by atoms with Crippen LogP contribution in [0.15, 0.2) is 24.4 Å². The summed E-state index contributed by atoms with van der Waals surface area (Å²) in [6.45, 7) is 0.948. The zero-order chi connectivity index (χ0) is 19.9. The highest BCUT2D eigenvalue weighted by atomic mass is 16.5. The van der Waals surface area contributed by atoms with Crippen molar-refractivity contribution in [3.8, 4) is 5.88 Å². The van der Waals surface area contributed by atoms with Crippen molar-refractivity contribution >= 4 is 12.4 Å². The fourth-order valence-electron chi connectivity index (χ4n) is 4.02. The third-order valence-electron chi connectivity index (χ3n) is 5.24. The molecule has 2 fully saturated rings. The summed E-state index contributed by atoms with van der Waals surface area (Å²) >= 11 is 0. The van der Waals surface area contributed by atoms with Crippen molar-refractivity contribution < 1.29 is 24.2 Å². The van der Waals surface area contributed by atoms with Crippen LogP contribution in [0.5, 0.6) is 5.88 Å². The molecule has 1 amide bonds. The van der Waals surface area contributed by atoms with Crippen molar-refractivity contribution in [3.05, 3.63) is 24.4 Å². The average Bonchev–Trinajstić information content (AvgIpc) is 3.02. The van der Waals surface area contributed by atoms with Gasteiger partial charge in [0, 0.05) is 32.3 Å². The maximum Gasteiger partial charge on any atom is 0.290 e. The number of hydrogen-bond donors (Lipinski definition) is 1. The van der Waals surface area contributed by atoms with Gasteiger partial charge in [-0.05, 0) is 39.4 Å². The molecule has 150 valence electrons. The Morgan fingerprint density at radius 1 is 1.44 bits per heavy atom. The van der Waals surface area contributed by atoms with Crippen molar-refractivity contribution in [2.45, 2.75) is 43.4 Å². The standard InChI is InChI=1S/C18H27N3O3.CH2O2/c1-20(2)13-17(22)21-11-9-18(23-3)8-7-14(12-15(18)21)24-16-6-4-5-10-19-16;2-1-3/h4-6,10,14-15H,7-9,11-13H2,1-3H3;1H,(H,2,3)/t14-,15-,18+;/m0./s1. The predicted octanol–water partition coefficient (Wildman–Crippen LogP) is 1.26. The number of nitrogens with zero attached hydrogens (tertiary/aromatic N) is 3. The molecule has 8 heteroatoms. The Hall–Kier alpha value is -2.19. The van der Waals surface area contributed by atoms with Gasteiger partial charge in [-0.3, -0.25) is 9.59 Å². The molecule has 8 nitrogen and oxygen atoms in total. The number of pyridine rings is 1. The number of likely N-dealkylation sites (N-methyl/N-ethyl adjacent to an activating group) is 1. The molecule has 1 aliphatic carbocycles. The lowest BCUT2D eigenvalue weighted by Gasteiger charge is -2.43. The maximum absolute atomic E-state index is 12.6. The molecule has 1 N–H and O–H groups in total. The number of methoxy groups -OCH3 is 1. The molecule has 0 unspecified atom stereocenters. The first-order valence-electron chi connectivity index (χ1n) is 9.10.